The lowest BCUT2D eigenvalue weighted by molar-refractivity contribution is 0.0398. The molecule has 1 aliphatic carbocycles. The van der Waals surface area contributed by atoms with Gasteiger partial charge in [-0.2, -0.15) is 0 Å². The Labute approximate surface area is 105 Å². The SMILES string of the molecule is CC(O)(CNC(=O)Nc1ccc(F)cc1)C1CC1. The summed E-state index contributed by atoms with van der Waals surface area (Å²) in [5, 5.41) is 15.2. The van der Waals surface area contributed by atoms with Crippen molar-refractivity contribution < 1.29 is 14.3 Å². The summed E-state index contributed by atoms with van der Waals surface area (Å²) in [4.78, 5) is 11.6. The van der Waals surface area contributed by atoms with E-state index >= 15 is 0 Å². The Bertz CT molecular complexity index is 427. The summed E-state index contributed by atoms with van der Waals surface area (Å²) in [6.45, 7) is 1.94. The predicted molar refractivity (Wildman–Crippen MR) is 66.8 cm³/mol. The van der Waals surface area contributed by atoms with Crippen LogP contribution in [0.3, 0.4) is 0 Å². The zero-order valence-corrected chi connectivity index (χ0v) is 10.2. The van der Waals surface area contributed by atoms with E-state index < -0.39 is 11.6 Å². The molecule has 1 fully saturated rings. The number of anilines is 1. The molecule has 0 bridgehead atoms. The monoisotopic (exact) mass is 252 g/mol. The Morgan fingerprint density at radius 2 is 2.06 bits per heavy atom. The van der Waals surface area contributed by atoms with Crippen LogP contribution >= 0.6 is 0 Å². The van der Waals surface area contributed by atoms with Crippen molar-refractivity contribution in [2.24, 2.45) is 5.92 Å². The molecular formula is C13H17FN2O2. The molecule has 0 aliphatic heterocycles. The number of halogens is 1. The zero-order valence-electron chi connectivity index (χ0n) is 10.2. The molecule has 1 aliphatic rings. The van der Waals surface area contributed by atoms with Gasteiger partial charge in [0.05, 0.1) is 5.60 Å². The highest BCUT2D eigenvalue weighted by molar-refractivity contribution is 5.89. The van der Waals surface area contributed by atoms with Crippen LogP contribution in [-0.2, 0) is 0 Å². The number of nitrogens with one attached hydrogen (secondary N) is 2. The predicted octanol–water partition coefficient (Wildman–Crippen LogP) is 2.11. The van der Waals surface area contributed by atoms with Crippen molar-refractivity contribution in [3.8, 4) is 0 Å². The van der Waals surface area contributed by atoms with Gasteiger partial charge in [-0.3, -0.25) is 0 Å². The molecule has 2 amide bonds. The Hall–Kier alpha value is -1.62. The topological polar surface area (TPSA) is 61.4 Å². The molecule has 0 aromatic heterocycles. The fourth-order valence-corrected chi connectivity index (χ4v) is 1.82. The number of hydrogen-bond acceptors (Lipinski definition) is 2. The van der Waals surface area contributed by atoms with E-state index in [0.717, 1.165) is 12.8 Å². The third-order valence-electron chi connectivity index (χ3n) is 3.17. The number of urea groups is 1. The highest BCUT2D eigenvalue weighted by Crippen LogP contribution is 2.38. The molecule has 0 radical (unpaired) electrons. The Balaban J connectivity index is 1.80. The molecule has 2 rings (SSSR count). The van der Waals surface area contributed by atoms with Crippen molar-refractivity contribution in [2.45, 2.75) is 25.4 Å². The van der Waals surface area contributed by atoms with Crippen LogP contribution in [-0.4, -0.2) is 23.3 Å². The maximum Gasteiger partial charge on any atom is 0.319 e. The molecule has 3 N–H and O–H groups in total. The molecule has 4 nitrogen and oxygen atoms in total. The summed E-state index contributed by atoms with van der Waals surface area (Å²) in [6, 6.07) is 5.11. The van der Waals surface area contributed by atoms with Crippen LogP contribution in [0.15, 0.2) is 24.3 Å². The number of carbonyl (C=O) groups excluding carboxylic acids is 1. The molecule has 0 spiro atoms. The first-order valence-corrected chi connectivity index (χ1v) is 6.00. The molecule has 1 saturated carbocycles. The van der Waals surface area contributed by atoms with Gasteiger partial charge in [-0.1, -0.05) is 0 Å². The van der Waals surface area contributed by atoms with Gasteiger partial charge in [0.1, 0.15) is 5.82 Å². The first-order valence-electron chi connectivity index (χ1n) is 6.00. The van der Waals surface area contributed by atoms with Crippen LogP contribution in [0.4, 0.5) is 14.9 Å². The number of benzene rings is 1. The Kier molecular flexibility index (Phi) is 3.52. The van der Waals surface area contributed by atoms with Gasteiger partial charge in [-0.25, -0.2) is 9.18 Å². The second kappa shape index (κ2) is 4.94. The lowest BCUT2D eigenvalue weighted by Gasteiger charge is -2.23. The van der Waals surface area contributed by atoms with Crippen molar-refractivity contribution in [3.63, 3.8) is 0 Å². The minimum absolute atomic E-state index is 0.213. The number of hydrogen-bond donors (Lipinski definition) is 3. The fraction of sp³-hybridized carbons (Fsp3) is 0.462. The highest BCUT2D eigenvalue weighted by Gasteiger charge is 2.39. The summed E-state index contributed by atoms with van der Waals surface area (Å²) in [5.41, 5.74) is -0.333. The number of carbonyl (C=O) groups is 1. The van der Waals surface area contributed by atoms with Gasteiger partial charge < -0.3 is 15.7 Å². The van der Waals surface area contributed by atoms with Gasteiger partial charge in [0.2, 0.25) is 0 Å². The molecule has 1 unspecified atom stereocenters. The van der Waals surface area contributed by atoms with E-state index in [-0.39, 0.29) is 18.3 Å². The van der Waals surface area contributed by atoms with Crippen molar-refractivity contribution >= 4 is 11.7 Å². The molecular weight excluding hydrogens is 235 g/mol. The summed E-state index contributed by atoms with van der Waals surface area (Å²) in [7, 11) is 0. The summed E-state index contributed by atoms with van der Waals surface area (Å²) in [5.74, 6) is -0.0683. The van der Waals surface area contributed by atoms with E-state index in [1.165, 1.54) is 24.3 Å². The lowest BCUT2D eigenvalue weighted by Crippen LogP contribution is -2.43. The third-order valence-corrected chi connectivity index (χ3v) is 3.17. The minimum atomic E-state index is -0.847. The molecule has 1 aromatic carbocycles. The molecule has 5 heteroatoms. The summed E-state index contributed by atoms with van der Waals surface area (Å²) in [6.07, 6.45) is 2.02. The fourth-order valence-electron chi connectivity index (χ4n) is 1.82. The van der Waals surface area contributed by atoms with E-state index in [4.69, 9.17) is 0 Å². The second-order valence-electron chi connectivity index (χ2n) is 4.95. The molecule has 1 atom stereocenters. The van der Waals surface area contributed by atoms with Crippen molar-refractivity contribution in [2.75, 3.05) is 11.9 Å². The minimum Gasteiger partial charge on any atom is -0.388 e. The van der Waals surface area contributed by atoms with Gasteiger partial charge in [0.15, 0.2) is 0 Å². The highest BCUT2D eigenvalue weighted by atomic mass is 19.1. The zero-order chi connectivity index (χ0) is 13.2. The lowest BCUT2D eigenvalue weighted by atomic mass is 10.0. The van der Waals surface area contributed by atoms with Crippen molar-refractivity contribution in [3.05, 3.63) is 30.1 Å². The quantitative estimate of drug-likeness (QED) is 0.768. The molecule has 18 heavy (non-hydrogen) atoms. The number of amides is 2. The molecule has 1 aromatic rings. The van der Waals surface area contributed by atoms with Crippen LogP contribution in [0.1, 0.15) is 19.8 Å². The summed E-state index contributed by atoms with van der Waals surface area (Å²) < 4.78 is 12.7. The maximum absolute atomic E-state index is 12.7. The normalized spacial score (nSPS) is 17.9. The standard InChI is InChI=1S/C13H17FN2O2/c1-13(18,9-2-3-9)8-15-12(17)16-11-6-4-10(14)5-7-11/h4-7,9,18H,2-3,8H2,1H3,(H2,15,16,17). The van der Waals surface area contributed by atoms with Gasteiger partial charge in [0.25, 0.3) is 0 Å². The van der Waals surface area contributed by atoms with Gasteiger partial charge in [-0.05, 0) is 49.9 Å². The molecule has 98 valence electrons. The van der Waals surface area contributed by atoms with Gasteiger partial charge in [-0.15, -0.1) is 0 Å². The Morgan fingerprint density at radius 1 is 1.44 bits per heavy atom. The number of rotatable bonds is 4. The second-order valence-corrected chi connectivity index (χ2v) is 4.95. The van der Waals surface area contributed by atoms with E-state index in [1.807, 2.05) is 0 Å². The van der Waals surface area contributed by atoms with Crippen molar-refractivity contribution in [1.82, 2.24) is 5.32 Å². The van der Waals surface area contributed by atoms with E-state index in [9.17, 15) is 14.3 Å². The van der Waals surface area contributed by atoms with Crippen LogP contribution in [0.25, 0.3) is 0 Å². The molecule has 0 saturated heterocycles. The average Bonchev–Trinajstić information content (AvgIpc) is 3.14. The average molecular weight is 252 g/mol. The van der Waals surface area contributed by atoms with E-state index in [0.29, 0.717) is 5.69 Å². The van der Waals surface area contributed by atoms with Gasteiger partial charge >= 0.3 is 6.03 Å². The first kappa shape index (κ1) is 12.8. The van der Waals surface area contributed by atoms with Gasteiger partial charge in [0, 0.05) is 12.2 Å². The van der Waals surface area contributed by atoms with Crippen LogP contribution in [0.5, 0.6) is 0 Å². The van der Waals surface area contributed by atoms with Crippen LogP contribution < -0.4 is 10.6 Å². The maximum atomic E-state index is 12.7. The smallest absolute Gasteiger partial charge is 0.319 e. The van der Waals surface area contributed by atoms with Crippen molar-refractivity contribution in [1.29, 1.82) is 0 Å². The van der Waals surface area contributed by atoms with Crippen LogP contribution in [0.2, 0.25) is 0 Å². The van der Waals surface area contributed by atoms with E-state index in [1.54, 1.807) is 6.92 Å². The summed E-state index contributed by atoms with van der Waals surface area (Å²) >= 11 is 0. The third kappa shape index (κ3) is 3.43. The molecule has 0 heterocycles. The largest absolute Gasteiger partial charge is 0.388 e. The Morgan fingerprint density at radius 3 is 2.61 bits per heavy atom. The first-order chi connectivity index (χ1) is 8.47. The van der Waals surface area contributed by atoms with Crippen LogP contribution in [0, 0.1) is 11.7 Å². The number of aliphatic hydroxyl groups is 1. The van der Waals surface area contributed by atoms with E-state index in [2.05, 4.69) is 10.6 Å².